The SMILES string of the molecule is CCN1C(C)CN(C)CC1CCN. The molecule has 2 atom stereocenters. The van der Waals surface area contributed by atoms with Crippen molar-refractivity contribution in [3.8, 4) is 0 Å². The van der Waals surface area contributed by atoms with Gasteiger partial charge in [0.1, 0.15) is 0 Å². The van der Waals surface area contributed by atoms with Crippen molar-refractivity contribution in [2.75, 3.05) is 33.2 Å². The molecule has 0 spiro atoms. The topological polar surface area (TPSA) is 32.5 Å². The van der Waals surface area contributed by atoms with Crippen molar-refractivity contribution in [1.29, 1.82) is 0 Å². The summed E-state index contributed by atoms with van der Waals surface area (Å²) >= 11 is 0. The highest BCUT2D eigenvalue weighted by Gasteiger charge is 2.28. The zero-order valence-corrected chi connectivity index (χ0v) is 9.16. The average molecular weight is 185 g/mol. The Kier molecular flexibility index (Phi) is 4.16. The Labute approximate surface area is 81.9 Å². The summed E-state index contributed by atoms with van der Waals surface area (Å²) in [6.45, 7) is 8.87. The molecule has 1 saturated heterocycles. The van der Waals surface area contributed by atoms with Crippen LogP contribution in [0.25, 0.3) is 0 Å². The largest absolute Gasteiger partial charge is 0.330 e. The number of nitrogens with two attached hydrogens (primary N) is 1. The molecule has 0 aromatic heterocycles. The third-order valence-electron chi connectivity index (χ3n) is 3.00. The zero-order chi connectivity index (χ0) is 9.84. The van der Waals surface area contributed by atoms with Gasteiger partial charge in [0.25, 0.3) is 0 Å². The first kappa shape index (κ1) is 11.0. The monoisotopic (exact) mass is 185 g/mol. The summed E-state index contributed by atoms with van der Waals surface area (Å²) in [7, 11) is 2.20. The first-order valence-corrected chi connectivity index (χ1v) is 5.33. The lowest BCUT2D eigenvalue weighted by atomic mass is 10.0. The molecule has 3 heteroatoms. The molecular formula is C10H23N3. The van der Waals surface area contributed by atoms with Crippen molar-refractivity contribution in [2.45, 2.75) is 32.4 Å². The minimum absolute atomic E-state index is 0.670. The van der Waals surface area contributed by atoms with E-state index in [4.69, 9.17) is 5.73 Å². The van der Waals surface area contributed by atoms with Crippen LogP contribution in [0.5, 0.6) is 0 Å². The second-order valence-electron chi connectivity index (χ2n) is 4.13. The summed E-state index contributed by atoms with van der Waals surface area (Å²) in [5.74, 6) is 0. The van der Waals surface area contributed by atoms with E-state index >= 15 is 0 Å². The summed E-state index contributed by atoms with van der Waals surface area (Å²) in [5.41, 5.74) is 5.62. The van der Waals surface area contributed by atoms with Crippen LogP contribution in [-0.2, 0) is 0 Å². The van der Waals surface area contributed by atoms with Gasteiger partial charge in [0.05, 0.1) is 0 Å². The quantitative estimate of drug-likeness (QED) is 0.689. The van der Waals surface area contributed by atoms with Crippen molar-refractivity contribution in [3.63, 3.8) is 0 Å². The van der Waals surface area contributed by atoms with Gasteiger partial charge in [0.15, 0.2) is 0 Å². The highest BCUT2D eigenvalue weighted by Crippen LogP contribution is 2.15. The van der Waals surface area contributed by atoms with E-state index < -0.39 is 0 Å². The molecule has 13 heavy (non-hydrogen) atoms. The van der Waals surface area contributed by atoms with E-state index in [2.05, 4.69) is 30.7 Å². The van der Waals surface area contributed by atoms with E-state index in [9.17, 15) is 0 Å². The second kappa shape index (κ2) is 4.94. The summed E-state index contributed by atoms with van der Waals surface area (Å²) in [4.78, 5) is 4.99. The molecule has 2 unspecified atom stereocenters. The molecule has 78 valence electrons. The van der Waals surface area contributed by atoms with E-state index in [-0.39, 0.29) is 0 Å². The third-order valence-corrected chi connectivity index (χ3v) is 3.00. The van der Waals surface area contributed by atoms with Gasteiger partial charge in [0, 0.05) is 25.2 Å². The molecular weight excluding hydrogens is 162 g/mol. The normalized spacial score (nSPS) is 32.3. The van der Waals surface area contributed by atoms with Crippen LogP contribution in [0.15, 0.2) is 0 Å². The molecule has 0 amide bonds. The Bertz CT molecular complexity index is 149. The molecule has 0 aliphatic carbocycles. The molecule has 1 heterocycles. The minimum Gasteiger partial charge on any atom is -0.330 e. The van der Waals surface area contributed by atoms with Gasteiger partial charge in [-0.15, -0.1) is 0 Å². The first-order chi connectivity index (χ1) is 6.19. The van der Waals surface area contributed by atoms with Crippen LogP contribution in [0, 0.1) is 0 Å². The average Bonchev–Trinajstić information content (AvgIpc) is 2.04. The van der Waals surface area contributed by atoms with Crippen molar-refractivity contribution < 1.29 is 0 Å². The van der Waals surface area contributed by atoms with Crippen molar-refractivity contribution in [3.05, 3.63) is 0 Å². The van der Waals surface area contributed by atoms with Gasteiger partial charge < -0.3 is 10.6 Å². The van der Waals surface area contributed by atoms with Crippen LogP contribution in [0.1, 0.15) is 20.3 Å². The Morgan fingerprint density at radius 3 is 2.62 bits per heavy atom. The fourth-order valence-electron chi connectivity index (χ4n) is 2.47. The highest BCUT2D eigenvalue weighted by atomic mass is 15.3. The number of nitrogens with zero attached hydrogens (tertiary/aromatic N) is 2. The van der Waals surface area contributed by atoms with Gasteiger partial charge in [-0.2, -0.15) is 0 Å². The highest BCUT2D eigenvalue weighted by molar-refractivity contribution is 4.85. The van der Waals surface area contributed by atoms with E-state index in [1.807, 2.05) is 0 Å². The van der Waals surface area contributed by atoms with Gasteiger partial charge >= 0.3 is 0 Å². The van der Waals surface area contributed by atoms with Gasteiger partial charge in [-0.1, -0.05) is 6.92 Å². The predicted molar refractivity (Wildman–Crippen MR) is 56.8 cm³/mol. The maximum atomic E-state index is 5.62. The number of rotatable bonds is 3. The Balaban J connectivity index is 2.54. The van der Waals surface area contributed by atoms with Crippen molar-refractivity contribution in [2.24, 2.45) is 5.73 Å². The van der Waals surface area contributed by atoms with Crippen molar-refractivity contribution in [1.82, 2.24) is 9.80 Å². The fraction of sp³-hybridized carbons (Fsp3) is 1.00. The maximum absolute atomic E-state index is 5.62. The molecule has 0 aromatic carbocycles. The molecule has 0 saturated carbocycles. The Morgan fingerprint density at radius 1 is 1.38 bits per heavy atom. The van der Waals surface area contributed by atoms with Crippen LogP contribution in [-0.4, -0.2) is 55.1 Å². The van der Waals surface area contributed by atoms with Gasteiger partial charge in [-0.3, -0.25) is 4.90 Å². The van der Waals surface area contributed by atoms with Crippen LogP contribution in [0.4, 0.5) is 0 Å². The smallest absolute Gasteiger partial charge is 0.0238 e. The molecule has 1 aliphatic rings. The van der Waals surface area contributed by atoms with Gasteiger partial charge in [0.2, 0.25) is 0 Å². The minimum atomic E-state index is 0.670. The first-order valence-electron chi connectivity index (χ1n) is 5.33. The number of piperazine rings is 1. The molecule has 1 aliphatic heterocycles. The van der Waals surface area contributed by atoms with Crippen LogP contribution >= 0.6 is 0 Å². The van der Waals surface area contributed by atoms with Gasteiger partial charge in [-0.25, -0.2) is 0 Å². The van der Waals surface area contributed by atoms with E-state index in [0.717, 1.165) is 19.5 Å². The maximum Gasteiger partial charge on any atom is 0.0238 e. The van der Waals surface area contributed by atoms with Crippen LogP contribution < -0.4 is 5.73 Å². The Morgan fingerprint density at radius 2 is 2.08 bits per heavy atom. The summed E-state index contributed by atoms with van der Waals surface area (Å²) in [5, 5.41) is 0. The Hall–Kier alpha value is -0.120. The number of likely N-dealkylation sites (N-methyl/N-ethyl adjacent to an activating group) is 2. The number of hydrogen-bond acceptors (Lipinski definition) is 3. The number of hydrogen-bond donors (Lipinski definition) is 1. The lowest BCUT2D eigenvalue weighted by molar-refractivity contribution is 0.0452. The van der Waals surface area contributed by atoms with E-state index in [1.165, 1.54) is 13.1 Å². The van der Waals surface area contributed by atoms with E-state index in [0.29, 0.717) is 12.1 Å². The van der Waals surface area contributed by atoms with Crippen LogP contribution in [0.2, 0.25) is 0 Å². The third kappa shape index (κ3) is 2.66. The fourth-order valence-corrected chi connectivity index (χ4v) is 2.47. The zero-order valence-electron chi connectivity index (χ0n) is 9.16. The standard InChI is InChI=1S/C10H23N3/c1-4-13-9(2)7-12(3)8-10(13)5-6-11/h9-10H,4-8,11H2,1-3H3. The molecule has 1 rings (SSSR count). The lowest BCUT2D eigenvalue weighted by Gasteiger charge is -2.44. The predicted octanol–water partition coefficient (Wildman–Crippen LogP) is 0.360. The molecule has 2 N–H and O–H groups in total. The summed E-state index contributed by atoms with van der Waals surface area (Å²) in [6.07, 6.45) is 1.13. The second-order valence-corrected chi connectivity index (χ2v) is 4.13. The van der Waals surface area contributed by atoms with Gasteiger partial charge in [-0.05, 0) is 33.5 Å². The summed E-state index contributed by atoms with van der Waals surface area (Å²) < 4.78 is 0. The molecule has 1 fully saturated rings. The molecule has 3 nitrogen and oxygen atoms in total. The van der Waals surface area contributed by atoms with E-state index in [1.54, 1.807) is 0 Å². The summed E-state index contributed by atoms with van der Waals surface area (Å²) in [6, 6.07) is 1.35. The lowest BCUT2D eigenvalue weighted by Crippen LogP contribution is -2.56. The molecule has 0 aromatic rings. The van der Waals surface area contributed by atoms with Crippen molar-refractivity contribution >= 4 is 0 Å². The van der Waals surface area contributed by atoms with Crippen LogP contribution in [0.3, 0.4) is 0 Å². The molecule has 0 radical (unpaired) electrons. The molecule has 0 bridgehead atoms.